The van der Waals surface area contributed by atoms with E-state index >= 15 is 0 Å². The molecule has 0 saturated carbocycles. The lowest BCUT2D eigenvalue weighted by Crippen LogP contribution is -2.20. The van der Waals surface area contributed by atoms with Gasteiger partial charge >= 0.3 is 0 Å². The van der Waals surface area contributed by atoms with Crippen LogP contribution in [0.4, 0.5) is 5.69 Å². The van der Waals surface area contributed by atoms with Gasteiger partial charge in [0.25, 0.3) is 0 Å². The third-order valence-electron chi connectivity index (χ3n) is 2.59. The molecule has 1 aromatic heterocycles. The average Bonchev–Trinajstić information content (AvgIpc) is 2.42. The minimum atomic E-state index is -0.184. The molecule has 4 nitrogen and oxygen atoms in total. The standard InChI is InChI=1S/C13H13N3O/c1-11(13-9-5-6-10-14-13)16(15-17)12-7-3-2-4-8-12/h2-11H,1H3. The normalized spacial score (nSPS) is 11.8. The van der Waals surface area contributed by atoms with Gasteiger partial charge in [-0.1, -0.05) is 24.3 Å². The minimum absolute atomic E-state index is 0.184. The SMILES string of the molecule is CC(c1ccccn1)N(N=O)c1ccccc1. The number of pyridine rings is 1. The van der Waals surface area contributed by atoms with Crippen molar-refractivity contribution in [2.75, 3.05) is 5.01 Å². The molecule has 0 radical (unpaired) electrons. The molecule has 17 heavy (non-hydrogen) atoms. The molecular formula is C13H13N3O. The van der Waals surface area contributed by atoms with E-state index in [4.69, 9.17) is 0 Å². The molecule has 0 bridgehead atoms. The van der Waals surface area contributed by atoms with Crippen LogP contribution in [-0.4, -0.2) is 4.98 Å². The topological polar surface area (TPSA) is 45.6 Å². The summed E-state index contributed by atoms with van der Waals surface area (Å²) in [4.78, 5) is 15.2. The molecule has 4 heteroatoms. The Labute approximate surface area is 99.9 Å². The molecule has 0 aliphatic rings. The molecule has 0 aliphatic carbocycles. The van der Waals surface area contributed by atoms with Gasteiger partial charge in [-0.15, -0.1) is 4.91 Å². The Morgan fingerprint density at radius 2 is 1.82 bits per heavy atom. The second kappa shape index (κ2) is 5.21. The lowest BCUT2D eigenvalue weighted by Gasteiger charge is -2.22. The molecular weight excluding hydrogens is 214 g/mol. The van der Waals surface area contributed by atoms with E-state index in [1.54, 1.807) is 6.20 Å². The van der Waals surface area contributed by atoms with Crippen LogP contribution in [0.1, 0.15) is 18.7 Å². The fraction of sp³-hybridized carbons (Fsp3) is 0.154. The van der Waals surface area contributed by atoms with E-state index in [1.807, 2.05) is 55.5 Å². The summed E-state index contributed by atoms with van der Waals surface area (Å²) in [5.41, 5.74) is 1.58. The number of hydrogen-bond donors (Lipinski definition) is 0. The Morgan fingerprint density at radius 1 is 1.12 bits per heavy atom. The highest BCUT2D eigenvalue weighted by Gasteiger charge is 2.17. The zero-order chi connectivity index (χ0) is 12.1. The molecule has 0 fully saturated rings. The van der Waals surface area contributed by atoms with Crippen molar-refractivity contribution >= 4 is 5.69 Å². The van der Waals surface area contributed by atoms with Gasteiger partial charge in [0.15, 0.2) is 0 Å². The van der Waals surface area contributed by atoms with E-state index < -0.39 is 0 Å². The molecule has 0 N–H and O–H groups in total. The maximum atomic E-state index is 11.0. The Morgan fingerprint density at radius 3 is 2.41 bits per heavy atom. The maximum Gasteiger partial charge on any atom is 0.0949 e. The van der Waals surface area contributed by atoms with E-state index in [1.165, 1.54) is 5.01 Å². The fourth-order valence-electron chi connectivity index (χ4n) is 1.67. The predicted octanol–water partition coefficient (Wildman–Crippen LogP) is 3.33. The molecule has 86 valence electrons. The molecule has 1 atom stereocenters. The molecule has 1 unspecified atom stereocenters. The Bertz CT molecular complexity index is 473. The van der Waals surface area contributed by atoms with Crippen molar-refractivity contribution in [1.29, 1.82) is 0 Å². The van der Waals surface area contributed by atoms with E-state index in [0.717, 1.165) is 11.4 Å². The first-order chi connectivity index (χ1) is 8.33. The van der Waals surface area contributed by atoms with Gasteiger partial charge in [-0.25, -0.2) is 5.01 Å². The number of hydrogen-bond acceptors (Lipinski definition) is 3. The van der Waals surface area contributed by atoms with Crippen molar-refractivity contribution in [1.82, 2.24) is 4.98 Å². The van der Waals surface area contributed by atoms with Crippen LogP contribution in [0.5, 0.6) is 0 Å². The summed E-state index contributed by atoms with van der Waals surface area (Å²) in [6.07, 6.45) is 1.71. The third-order valence-corrected chi connectivity index (χ3v) is 2.59. The monoisotopic (exact) mass is 227 g/mol. The molecule has 0 aliphatic heterocycles. The van der Waals surface area contributed by atoms with Crippen LogP contribution < -0.4 is 5.01 Å². The number of para-hydroxylation sites is 1. The highest BCUT2D eigenvalue weighted by atomic mass is 16.3. The van der Waals surface area contributed by atoms with Crippen LogP contribution in [0.2, 0.25) is 0 Å². The molecule has 1 aromatic carbocycles. The van der Waals surface area contributed by atoms with Crippen molar-refractivity contribution in [3.63, 3.8) is 0 Å². The maximum absolute atomic E-state index is 11.0. The van der Waals surface area contributed by atoms with Gasteiger partial charge < -0.3 is 0 Å². The second-order valence-corrected chi connectivity index (χ2v) is 3.69. The number of benzene rings is 1. The van der Waals surface area contributed by atoms with E-state index in [-0.39, 0.29) is 6.04 Å². The highest BCUT2D eigenvalue weighted by molar-refractivity contribution is 5.46. The van der Waals surface area contributed by atoms with Crippen molar-refractivity contribution in [3.05, 3.63) is 65.3 Å². The minimum Gasteiger partial charge on any atom is -0.259 e. The van der Waals surface area contributed by atoms with Crippen LogP contribution in [0.15, 0.2) is 60.0 Å². The number of anilines is 1. The van der Waals surface area contributed by atoms with E-state index in [0.29, 0.717) is 0 Å². The molecule has 0 amide bonds. The summed E-state index contributed by atoms with van der Waals surface area (Å²) >= 11 is 0. The summed E-state index contributed by atoms with van der Waals surface area (Å²) < 4.78 is 0. The molecule has 0 spiro atoms. The number of nitrogens with zero attached hydrogens (tertiary/aromatic N) is 3. The summed E-state index contributed by atoms with van der Waals surface area (Å²) in [6.45, 7) is 1.90. The summed E-state index contributed by atoms with van der Waals surface area (Å²) in [7, 11) is 0. The summed E-state index contributed by atoms with van der Waals surface area (Å²) in [6, 6.07) is 14.8. The van der Waals surface area contributed by atoms with Crippen molar-refractivity contribution in [2.45, 2.75) is 13.0 Å². The van der Waals surface area contributed by atoms with Gasteiger partial charge in [-0.05, 0) is 31.2 Å². The van der Waals surface area contributed by atoms with Gasteiger partial charge in [0.2, 0.25) is 0 Å². The van der Waals surface area contributed by atoms with Crippen molar-refractivity contribution in [3.8, 4) is 0 Å². The molecule has 0 saturated heterocycles. The number of nitroso groups, excluding NO2 is 1. The Balaban J connectivity index is 2.28. The first kappa shape index (κ1) is 11.3. The first-order valence-electron chi connectivity index (χ1n) is 5.41. The zero-order valence-corrected chi connectivity index (χ0v) is 9.52. The molecule has 2 aromatic rings. The quantitative estimate of drug-likeness (QED) is 0.594. The van der Waals surface area contributed by atoms with E-state index in [2.05, 4.69) is 10.3 Å². The Hall–Kier alpha value is -2.23. The number of rotatable bonds is 4. The van der Waals surface area contributed by atoms with Gasteiger partial charge in [0.05, 0.1) is 22.7 Å². The second-order valence-electron chi connectivity index (χ2n) is 3.69. The molecule has 1 heterocycles. The summed E-state index contributed by atoms with van der Waals surface area (Å²) in [5.74, 6) is 0. The smallest absolute Gasteiger partial charge is 0.0949 e. The van der Waals surface area contributed by atoms with E-state index in [9.17, 15) is 4.91 Å². The lowest BCUT2D eigenvalue weighted by atomic mass is 10.2. The van der Waals surface area contributed by atoms with Crippen molar-refractivity contribution in [2.24, 2.45) is 5.29 Å². The van der Waals surface area contributed by atoms with Crippen LogP contribution in [0, 0.1) is 4.91 Å². The summed E-state index contributed by atoms with van der Waals surface area (Å²) in [5, 5.41) is 4.50. The number of aromatic nitrogens is 1. The van der Waals surface area contributed by atoms with Crippen LogP contribution in [0.3, 0.4) is 0 Å². The van der Waals surface area contributed by atoms with Gasteiger partial charge in [-0.3, -0.25) is 4.98 Å². The largest absolute Gasteiger partial charge is 0.259 e. The third kappa shape index (κ3) is 2.47. The zero-order valence-electron chi connectivity index (χ0n) is 9.52. The van der Waals surface area contributed by atoms with Gasteiger partial charge in [0.1, 0.15) is 0 Å². The van der Waals surface area contributed by atoms with Crippen LogP contribution in [0.25, 0.3) is 0 Å². The van der Waals surface area contributed by atoms with Crippen LogP contribution in [-0.2, 0) is 0 Å². The van der Waals surface area contributed by atoms with Gasteiger partial charge in [0, 0.05) is 6.20 Å². The predicted molar refractivity (Wildman–Crippen MR) is 67.4 cm³/mol. The average molecular weight is 227 g/mol. The molecule has 2 rings (SSSR count). The highest BCUT2D eigenvalue weighted by Crippen LogP contribution is 2.25. The van der Waals surface area contributed by atoms with Gasteiger partial charge in [-0.2, -0.15) is 0 Å². The van der Waals surface area contributed by atoms with Crippen LogP contribution >= 0.6 is 0 Å². The van der Waals surface area contributed by atoms with Crippen molar-refractivity contribution < 1.29 is 0 Å². The fourth-order valence-corrected chi connectivity index (χ4v) is 1.67. The lowest BCUT2D eigenvalue weighted by molar-refractivity contribution is 0.674. The Kier molecular flexibility index (Phi) is 3.45. The first-order valence-corrected chi connectivity index (χ1v) is 5.41.